The Bertz CT molecular complexity index is 815. The highest BCUT2D eigenvalue weighted by Crippen LogP contribution is 2.39. The first-order valence-electron chi connectivity index (χ1n) is 9.38. The quantitative estimate of drug-likeness (QED) is 0.413. The Balaban J connectivity index is 0.000000758. The first-order chi connectivity index (χ1) is 12.6. The van der Waals surface area contributed by atoms with Gasteiger partial charge in [-0.05, 0) is 54.4 Å². The van der Waals surface area contributed by atoms with Crippen LogP contribution in [-0.2, 0) is 0 Å². The van der Waals surface area contributed by atoms with Crippen LogP contribution in [-0.4, -0.2) is 11.1 Å². The molecule has 1 nitrogen and oxygen atoms in total. The molecule has 1 aliphatic carbocycles. The third-order valence-corrected chi connectivity index (χ3v) is 4.44. The second-order valence-corrected chi connectivity index (χ2v) is 7.31. The highest BCUT2D eigenvalue weighted by molar-refractivity contribution is 7.16. The first-order valence-corrected chi connectivity index (χ1v) is 10.2. The number of hydrogen-bond acceptors (Lipinski definition) is 1. The Morgan fingerprint density at radius 1 is 1.19 bits per heavy atom. The summed E-state index contributed by atoms with van der Waals surface area (Å²) < 4.78 is 14.1. The minimum Gasteiger partial charge on any atom is -0.256 e. The summed E-state index contributed by atoms with van der Waals surface area (Å²) >= 11 is 0. The molecular weight excluding hydrogens is 340 g/mol. The molecule has 0 aliphatic heterocycles. The average Bonchev–Trinajstić information content (AvgIpc) is 2.65. The Hall–Kier alpha value is -1.79. The topological polar surface area (TPSA) is 12.9 Å². The summed E-state index contributed by atoms with van der Waals surface area (Å²) in [5.74, 6) is 0.156. The summed E-state index contributed by atoms with van der Waals surface area (Å²) in [5.41, 5.74) is 2.87. The number of fused-ring (bicyclic) bond motifs is 1. The molecular formula is C23H29FNP. The SMILES string of the molecule is CCC=CCC1CC(F)=C(C)C=C1c1nccc2ccccc12.CCP. The predicted molar refractivity (Wildman–Crippen MR) is 116 cm³/mol. The minimum absolute atomic E-state index is 0.00360. The Labute approximate surface area is 159 Å². The van der Waals surface area contributed by atoms with Gasteiger partial charge in [0.15, 0.2) is 0 Å². The van der Waals surface area contributed by atoms with Gasteiger partial charge < -0.3 is 0 Å². The zero-order valence-electron chi connectivity index (χ0n) is 16.0. The summed E-state index contributed by atoms with van der Waals surface area (Å²) in [6.45, 7) is 6.05. The number of rotatable bonds is 4. The Morgan fingerprint density at radius 2 is 1.92 bits per heavy atom. The summed E-state index contributed by atoms with van der Waals surface area (Å²) in [6.07, 6.45) is 11.6. The van der Waals surface area contributed by atoms with Gasteiger partial charge in [-0.1, -0.05) is 56.3 Å². The number of aromatic nitrogens is 1. The van der Waals surface area contributed by atoms with Gasteiger partial charge in [0.1, 0.15) is 5.83 Å². The van der Waals surface area contributed by atoms with Gasteiger partial charge in [-0.3, -0.25) is 4.98 Å². The van der Waals surface area contributed by atoms with Gasteiger partial charge in [-0.15, -0.1) is 9.24 Å². The van der Waals surface area contributed by atoms with Crippen molar-refractivity contribution in [2.45, 2.75) is 40.0 Å². The van der Waals surface area contributed by atoms with Gasteiger partial charge in [-0.2, -0.15) is 0 Å². The van der Waals surface area contributed by atoms with E-state index in [4.69, 9.17) is 0 Å². The van der Waals surface area contributed by atoms with Gasteiger partial charge in [0.05, 0.1) is 5.69 Å². The van der Waals surface area contributed by atoms with Crippen LogP contribution in [0, 0.1) is 5.92 Å². The van der Waals surface area contributed by atoms with E-state index in [1.807, 2.05) is 37.4 Å². The van der Waals surface area contributed by atoms with Gasteiger partial charge in [0.25, 0.3) is 0 Å². The number of halogens is 1. The molecule has 0 fully saturated rings. The molecule has 0 spiro atoms. The molecule has 138 valence electrons. The number of allylic oxidation sites excluding steroid dienone is 6. The second-order valence-electron chi connectivity index (χ2n) is 6.49. The zero-order valence-corrected chi connectivity index (χ0v) is 17.2. The highest BCUT2D eigenvalue weighted by atomic mass is 31.0. The molecule has 3 rings (SSSR count). The van der Waals surface area contributed by atoms with Crippen LogP contribution in [0.25, 0.3) is 16.3 Å². The molecule has 26 heavy (non-hydrogen) atoms. The van der Waals surface area contributed by atoms with Crippen molar-refractivity contribution >= 4 is 25.6 Å². The van der Waals surface area contributed by atoms with Crippen LogP contribution in [0.2, 0.25) is 0 Å². The van der Waals surface area contributed by atoms with Crippen LogP contribution < -0.4 is 0 Å². The minimum atomic E-state index is 0.00360. The molecule has 2 aromatic rings. The number of nitrogens with zero attached hydrogens (tertiary/aromatic N) is 1. The maximum absolute atomic E-state index is 14.1. The Morgan fingerprint density at radius 3 is 2.65 bits per heavy atom. The van der Waals surface area contributed by atoms with Crippen molar-refractivity contribution in [1.29, 1.82) is 0 Å². The van der Waals surface area contributed by atoms with E-state index in [0.29, 0.717) is 6.42 Å². The summed E-state index contributed by atoms with van der Waals surface area (Å²) in [7, 11) is 2.58. The maximum Gasteiger partial charge on any atom is 0.103 e. The molecule has 1 aliphatic rings. The normalized spacial score (nSPS) is 17.3. The third-order valence-electron chi connectivity index (χ3n) is 4.44. The molecule has 0 saturated heterocycles. The van der Waals surface area contributed by atoms with Crippen molar-refractivity contribution in [1.82, 2.24) is 4.98 Å². The van der Waals surface area contributed by atoms with Crippen LogP contribution in [0.5, 0.6) is 0 Å². The Kier molecular flexibility index (Phi) is 8.19. The van der Waals surface area contributed by atoms with Crippen LogP contribution in [0.3, 0.4) is 0 Å². The van der Waals surface area contributed by atoms with Crippen molar-refractivity contribution < 1.29 is 4.39 Å². The molecule has 0 bridgehead atoms. The lowest BCUT2D eigenvalue weighted by atomic mass is 9.82. The molecule has 2 unspecified atom stereocenters. The number of pyridine rings is 1. The molecule has 2 atom stereocenters. The van der Waals surface area contributed by atoms with Crippen LogP contribution >= 0.6 is 9.24 Å². The molecule has 1 aromatic heterocycles. The molecule has 1 heterocycles. The molecule has 0 amide bonds. The number of hydrogen-bond donors (Lipinski definition) is 0. The smallest absolute Gasteiger partial charge is 0.103 e. The monoisotopic (exact) mass is 369 g/mol. The largest absolute Gasteiger partial charge is 0.256 e. The predicted octanol–water partition coefficient (Wildman–Crippen LogP) is 7.12. The van der Waals surface area contributed by atoms with E-state index in [9.17, 15) is 4.39 Å². The fourth-order valence-electron chi connectivity index (χ4n) is 3.17. The highest BCUT2D eigenvalue weighted by Gasteiger charge is 2.24. The van der Waals surface area contributed by atoms with Crippen molar-refractivity contribution in [3.63, 3.8) is 0 Å². The lowest BCUT2D eigenvalue weighted by Gasteiger charge is -2.24. The van der Waals surface area contributed by atoms with Crippen molar-refractivity contribution in [3.8, 4) is 0 Å². The summed E-state index contributed by atoms with van der Waals surface area (Å²) in [4.78, 5) is 4.63. The van der Waals surface area contributed by atoms with E-state index >= 15 is 0 Å². The molecule has 0 N–H and O–H groups in total. The number of benzene rings is 1. The third kappa shape index (κ3) is 5.11. The summed E-state index contributed by atoms with van der Waals surface area (Å²) in [6, 6.07) is 10.3. The fourth-order valence-corrected chi connectivity index (χ4v) is 3.17. The van der Waals surface area contributed by atoms with E-state index in [1.165, 1.54) is 11.5 Å². The van der Waals surface area contributed by atoms with Crippen LogP contribution in [0.15, 0.2) is 66.2 Å². The lowest BCUT2D eigenvalue weighted by molar-refractivity contribution is 0.516. The van der Waals surface area contributed by atoms with Crippen molar-refractivity contribution in [2.75, 3.05) is 6.16 Å². The lowest BCUT2D eigenvalue weighted by Crippen LogP contribution is -2.10. The first kappa shape index (κ1) is 20.5. The van der Waals surface area contributed by atoms with Crippen LogP contribution in [0.4, 0.5) is 4.39 Å². The summed E-state index contributed by atoms with van der Waals surface area (Å²) in [5, 5.41) is 2.31. The van der Waals surface area contributed by atoms with Gasteiger partial charge in [0.2, 0.25) is 0 Å². The van der Waals surface area contributed by atoms with E-state index in [0.717, 1.165) is 35.1 Å². The fraction of sp³-hybridized carbons (Fsp3) is 0.348. The zero-order chi connectivity index (χ0) is 18.9. The molecule has 1 aromatic carbocycles. The second kappa shape index (κ2) is 10.4. The van der Waals surface area contributed by atoms with E-state index in [-0.39, 0.29) is 11.7 Å². The molecule has 0 radical (unpaired) electrons. The average molecular weight is 369 g/mol. The van der Waals surface area contributed by atoms with Gasteiger partial charge in [-0.25, -0.2) is 4.39 Å². The standard InChI is InChI=1S/C21H22FN.C2H7P/c1-3-4-5-9-17-14-20(22)15(2)13-19(17)21-18-10-7-6-8-16(18)11-12-23-21;1-2-3/h4-8,10-13,17H,3,9,14H2,1-2H3;2-3H2,1H3. The van der Waals surface area contributed by atoms with E-state index in [2.05, 4.69) is 52.4 Å². The van der Waals surface area contributed by atoms with Crippen molar-refractivity contribution in [3.05, 3.63) is 71.9 Å². The van der Waals surface area contributed by atoms with Gasteiger partial charge in [0, 0.05) is 18.0 Å². The maximum atomic E-state index is 14.1. The molecule has 0 saturated carbocycles. The van der Waals surface area contributed by atoms with E-state index < -0.39 is 0 Å². The molecule has 3 heteroatoms. The van der Waals surface area contributed by atoms with E-state index in [1.54, 1.807) is 0 Å². The van der Waals surface area contributed by atoms with Gasteiger partial charge >= 0.3 is 0 Å². The van der Waals surface area contributed by atoms with Crippen molar-refractivity contribution in [2.24, 2.45) is 5.92 Å². The van der Waals surface area contributed by atoms with Crippen LogP contribution in [0.1, 0.15) is 45.7 Å².